The van der Waals surface area contributed by atoms with Crippen LogP contribution >= 0.6 is 15.9 Å². The van der Waals surface area contributed by atoms with E-state index in [4.69, 9.17) is 5.73 Å². The molecule has 0 radical (unpaired) electrons. The molecule has 19 heavy (non-hydrogen) atoms. The van der Waals surface area contributed by atoms with E-state index in [0.717, 1.165) is 45.8 Å². The Morgan fingerprint density at radius 3 is 2.32 bits per heavy atom. The van der Waals surface area contributed by atoms with Crippen LogP contribution in [0.15, 0.2) is 4.47 Å². The first-order valence-electron chi connectivity index (χ1n) is 6.51. The Kier molecular flexibility index (Phi) is 3.99. The highest BCUT2D eigenvalue weighted by atomic mass is 79.9. The molecule has 0 aliphatic heterocycles. The van der Waals surface area contributed by atoms with Crippen LogP contribution in [0, 0.1) is 6.92 Å². The van der Waals surface area contributed by atoms with Gasteiger partial charge in [-0.1, -0.05) is 13.8 Å². The molecule has 104 valence electrons. The predicted octanol–water partition coefficient (Wildman–Crippen LogP) is 2.44. The summed E-state index contributed by atoms with van der Waals surface area (Å²) in [5.74, 6) is 0. The number of halogens is 1. The number of nitrogens with zero attached hydrogens (tertiary/aromatic N) is 4. The first kappa shape index (κ1) is 14.1. The fraction of sp³-hybridized carbons (Fsp3) is 0.538. The Balaban J connectivity index is 2.43. The SMILES string of the molecule is CCc1nn(Cc2c(Br)c(C)nn2C)c(CC)c1N. The Morgan fingerprint density at radius 2 is 1.84 bits per heavy atom. The van der Waals surface area contributed by atoms with Crippen molar-refractivity contribution < 1.29 is 0 Å². The predicted molar refractivity (Wildman–Crippen MR) is 80.1 cm³/mol. The molecule has 0 aromatic carbocycles. The molecule has 0 unspecified atom stereocenters. The normalized spacial score (nSPS) is 11.2. The van der Waals surface area contributed by atoms with Gasteiger partial charge in [0.05, 0.1) is 39.5 Å². The second-order valence-corrected chi connectivity index (χ2v) is 5.43. The zero-order chi connectivity index (χ0) is 14.2. The summed E-state index contributed by atoms with van der Waals surface area (Å²) in [6, 6.07) is 0. The molecule has 0 amide bonds. The van der Waals surface area contributed by atoms with E-state index in [2.05, 4.69) is 40.0 Å². The third-order valence-electron chi connectivity index (χ3n) is 3.41. The van der Waals surface area contributed by atoms with Crippen LogP contribution in [0.5, 0.6) is 0 Å². The van der Waals surface area contributed by atoms with Crippen LogP contribution in [0.4, 0.5) is 5.69 Å². The minimum Gasteiger partial charge on any atom is -0.396 e. The summed E-state index contributed by atoms with van der Waals surface area (Å²) in [6.45, 7) is 6.86. The molecule has 0 spiro atoms. The molecule has 2 aromatic heterocycles. The second kappa shape index (κ2) is 5.36. The van der Waals surface area contributed by atoms with Crippen LogP contribution in [0.1, 0.15) is 36.6 Å². The molecule has 0 saturated carbocycles. The van der Waals surface area contributed by atoms with Crippen LogP contribution in [-0.4, -0.2) is 19.6 Å². The molecule has 6 heteroatoms. The van der Waals surface area contributed by atoms with Crippen molar-refractivity contribution in [3.05, 3.63) is 27.2 Å². The molecule has 5 nitrogen and oxygen atoms in total. The number of nitrogen functional groups attached to an aromatic ring is 1. The quantitative estimate of drug-likeness (QED) is 0.939. The van der Waals surface area contributed by atoms with E-state index in [9.17, 15) is 0 Å². The smallest absolute Gasteiger partial charge is 0.0854 e. The van der Waals surface area contributed by atoms with E-state index in [0.29, 0.717) is 6.54 Å². The second-order valence-electron chi connectivity index (χ2n) is 4.64. The van der Waals surface area contributed by atoms with Crippen molar-refractivity contribution in [2.75, 3.05) is 5.73 Å². The fourth-order valence-corrected chi connectivity index (χ4v) is 2.79. The van der Waals surface area contributed by atoms with Gasteiger partial charge < -0.3 is 5.73 Å². The highest BCUT2D eigenvalue weighted by Crippen LogP contribution is 2.24. The average Bonchev–Trinajstić information content (AvgIpc) is 2.81. The lowest BCUT2D eigenvalue weighted by atomic mass is 10.2. The number of aromatic nitrogens is 4. The van der Waals surface area contributed by atoms with E-state index in [1.54, 1.807) is 0 Å². The molecule has 0 aliphatic carbocycles. The molecule has 2 heterocycles. The molecule has 0 atom stereocenters. The first-order chi connectivity index (χ1) is 8.99. The number of nitrogens with two attached hydrogens (primary N) is 1. The van der Waals surface area contributed by atoms with Crippen molar-refractivity contribution >= 4 is 21.6 Å². The minimum atomic E-state index is 0.686. The molecular weight excluding hydrogens is 306 g/mol. The third kappa shape index (κ3) is 2.41. The maximum Gasteiger partial charge on any atom is 0.0854 e. The Hall–Kier alpha value is -1.30. The molecular formula is C13H20BrN5. The Labute approximate surface area is 121 Å². The van der Waals surface area contributed by atoms with Gasteiger partial charge >= 0.3 is 0 Å². The van der Waals surface area contributed by atoms with Gasteiger partial charge in [-0.2, -0.15) is 10.2 Å². The number of aryl methyl sites for hydroxylation is 3. The van der Waals surface area contributed by atoms with Gasteiger partial charge in [0.15, 0.2) is 0 Å². The van der Waals surface area contributed by atoms with Crippen LogP contribution in [0.3, 0.4) is 0 Å². The lowest BCUT2D eigenvalue weighted by molar-refractivity contribution is 0.592. The molecule has 0 fully saturated rings. The van der Waals surface area contributed by atoms with Crippen LogP contribution in [0.25, 0.3) is 0 Å². The molecule has 2 N–H and O–H groups in total. The third-order valence-corrected chi connectivity index (χ3v) is 4.44. The monoisotopic (exact) mass is 325 g/mol. The van der Waals surface area contributed by atoms with E-state index >= 15 is 0 Å². The number of hydrogen-bond donors (Lipinski definition) is 1. The first-order valence-corrected chi connectivity index (χ1v) is 7.30. The van der Waals surface area contributed by atoms with Crippen molar-refractivity contribution in [3.63, 3.8) is 0 Å². The van der Waals surface area contributed by atoms with E-state index in [-0.39, 0.29) is 0 Å². The minimum absolute atomic E-state index is 0.686. The van der Waals surface area contributed by atoms with Gasteiger partial charge in [0.25, 0.3) is 0 Å². The van der Waals surface area contributed by atoms with Crippen LogP contribution in [0.2, 0.25) is 0 Å². The molecule has 2 aromatic rings. The van der Waals surface area contributed by atoms with Crippen molar-refractivity contribution in [1.82, 2.24) is 19.6 Å². The summed E-state index contributed by atoms with van der Waals surface area (Å²) in [4.78, 5) is 0. The summed E-state index contributed by atoms with van der Waals surface area (Å²) < 4.78 is 4.93. The Morgan fingerprint density at radius 1 is 1.16 bits per heavy atom. The van der Waals surface area contributed by atoms with Gasteiger partial charge in [0.2, 0.25) is 0 Å². The van der Waals surface area contributed by atoms with Gasteiger partial charge in [-0.3, -0.25) is 9.36 Å². The maximum atomic E-state index is 6.14. The highest BCUT2D eigenvalue weighted by molar-refractivity contribution is 9.10. The van der Waals surface area contributed by atoms with Crippen molar-refractivity contribution in [2.24, 2.45) is 7.05 Å². The fourth-order valence-electron chi connectivity index (χ4n) is 2.32. The van der Waals surface area contributed by atoms with Gasteiger partial charge in [-0.15, -0.1) is 0 Å². The van der Waals surface area contributed by atoms with Gasteiger partial charge in [0.1, 0.15) is 0 Å². The summed E-state index contributed by atoms with van der Waals surface area (Å²) in [6.07, 6.45) is 1.74. The number of rotatable bonds is 4. The topological polar surface area (TPSA) is 61.7 Å². The van der Waals surface area contributed by atoms with Crippen molar-refractivity contribution in [3.8, 4) is 0 Å². The lowest BCUT2D eigenvalue weighted by Gasteiger charge is -2.07. The molecule has 0 aliphatic rings. The average molecular weight is 326 g/mol. The zero-order valence-corrected chi connectivity index (χ0v) is 13.5. The summed E-state index contributed by atoms with van der Waals surface area (Å²) in [5.41, 5.74) is 11.2. The van der Waals surface area contributed by atoms with Crippen molar-refractivity contribution in [2.45, 2.75) is 40.2 Å². The maximum absolute atomic E-state index is 6.14. The molecule has 2 rings (SSSR count). The van der Waals surface area contributed by atoms with Gasteiger partial charge in [-0.25, -0.2) is 0 Å². The zero-order valence-electron chi connectivity index (χ0n) is 11.9. The van der Waals surface area contributed by atoms with E-state index in [1.165, 1.54) is 0 Å². The standard InChI is InChI=1S/C13H20BrN5/c1-5-9-13(15)10(6-2)19(17-9)7-11-12(14)8(3)16-18(11)4/h5-7,15H2,1-4H3. The molecule has 0 bridgehead atoms. The molecule has 0 saturated heterocycles. The van der Waals surface area contributed by atoms with Gasteiger partial charge in [-0.05, 0) is 35.7 Å². The number of hydrogen-bond acceptors (Lipinski definition) is 3. The van der Waals surface area contributed by atoms with Crippen LogP contribution in [-0.2, 0) is 26.4 Å². The summed E-state index contributed by atoms with van der Waals surface area (Å²) in [7, 11) is 1.95. The summed E-state index contributed by atoms with van der Waals surface area (Å²) in [5, 5.41) is 9.02. The number of anilines is 1. The van der Waals surface area contributed by atoms with E-state index < -0.39 is 0 Å². The van der Waals surface area contributed by atoms with Gasteiger partial charge in [0, 0.05) is 7.05 Å². The highest BCUT2D eigenvalue weighted by Gasteiger charge is 2.16. The largest absolute Gasteiger partial charge is 0.396 e. The summed E-state index contributed by atoms with van der Waals surface area (Å²) >= 11 is 3.59. The van der Waals surface area contributed by atoms with Crippen molar-refractivity contribution in [1.29, 1.82) is 0 Å². The lowest BCUT2D eigenvalue weighted by Crippen LogP contribution is -2.10. The Bertz CT molecular complexity index is 597. The van der Waals surface area contributed by atoms with Crippen LogP contribution < -0.4 is 5.73 Å². The van der Waals surface area contributed by atoms with E-state index in [1.807, 2.05) is 23.3 Å².